The zero-order valence-electron chi connectivity index (χ0n) is 10.2. The lowest BCUT2D eigenvalue weighted by Gasteiger charge is -2.03. The molecule has 1 aromatic carbocycles. The molecule has 2 aromatic rings. The van der Waals surface area contributed by atoms with Crippen LogP contribution in [0.5, 0.6) is 0 Å². The van der Waals surface area contributed by atoms with Gasteiger partial charge in [0.05, 0.1) is 11.1 Å². The van der Waals surface area contributed by atoms with E-state index in [0.717, 1.165) is 6.08 Å². The molecule has 19 heavy (non-hydrogen) atoms. The second kappa shape index (κ2) is 4.94. The first kappa shape index (κ1) is 12.8. The molecule has 0 saturated carbocycles. The van der Waals surface area contributed by atoms with E-state index in [1.807, 2.05) is 6.07 Å². The van der Waals surface area contributed by atoms with E-state index in [4.69, 9.17) is 10.4 Å². The number of carboxylic acid groups (broad SMARTS) is 1. The lowest BCUT2D eigenvalue weighted by Crippen LogP contribution is -1.92. The minimum atomic E-state index is -1.08. The molecule has 0 saturated heterocycles. The number of halogens is 1. The highest BCUT2D eigenvalue weighted by atomic mass is 19.1. The summed E-state index contributed by atoms with van der Waals surface area (Å²) in [7, 11) is 0. The monoisotopic (exact) mass is 258 g/mol. The van der Waals surface area contributed by atoms with Gasteiger partial charge in [0, 0.05) is 23.2 Å². The number of H-pyrrole nitrogens is 1. The summed E-state index contributed by atoms with van der Waals surface area (Å²) in [6.45, 7) is 1.79. The highest BCUT2D eigenvalue weighted by molar-refractivity contribution is 5.99. The van der Waals surface area contributed by atoms with Gasteiger partial charge in [-0.25, -0.2) is 9.18 Å². The van der Waals surface area contributed by atoms with Gasteiger partial charge in [-0.05, 0) is 24.1 Å². The second-order valence-electron chi connectivity index (χ2n) is 4.02. The van der Waals surface area contributed by atoms with Crippen LogP contribution in [0.1, 0.15) is 24.5 Å². The van der Waals surface area contributed by atoms with Crippen LogP contribution < -0.4 is 0 Å². The van der Waals surface area contributed by atoms with Crippen molar-refractivity contribution in [3.05, 3.63) is 41.3 Å². The van der Waals surface area contributed by atoms with Gasteiger partial charge in [0.2, 0.25) is 0 Å². The number of benzene rings is 1. The summed E-state index contributed by atoms with van der Waals surface area (Å²) in [6.07, 6.45) is 3.05. The predicted octanol–water partition coefficient (Wildman–Crippen LogP) is 3.06. The zero-order chi connectivity index (χ0) is 14.0. The van der Waals surface area contributed by atoms with Crippen molar-refractivity contribution in [1.82, 2.24) is 4.98 Å². The minimum absolute atomic E-state index is 0.258. The summed E-state index contributed by atoms with van der Waals surface area (Å²) in [4.78, 5) is 13.6. The summed E-state index contributed by atoms with van der Waals surface area (Å²) in [5.41, 5.74) is 1.71. The molecule has 0 bridgehead atoms. The van der Waals surface area contributed by atoms with Crippen LogP contribution in [0.3, 0.4) is 0 Å². The fourth-order valence-electron chi connectivity index (χ4n) is 2.07. The van der Waals surface area contributed by atoms with Crippen LogP contribution in [-0.4, -0.2) is 16.1 Å². The molecule has 0 radical (unpaired) electrons. The van der Waals surface area contributed by atoms with Gasteiger partial charge in [0.25, 0.3) is 0 Å². The van der Waals surface area contributed by atoms with Gasteiger partial charge in [-0.2, -0.15) is 5.26 Å². The van der Waals surface area contributed by atoms with Gasteiger partial charge < -0.3 is 10.1 Å². The number of nitrogens with zero attached hydrogens (tertiary/aromatic N) is 1. The number of aromatic nitrogens is 1. The molecule has 0 spiro atoms. The molecule has 96 valence electrons. The third-order valence-corrected chi connectivity index (χ3v) is 2.93. The Labute approximate surface area is 108 Å². The molecular weight excluding hydrogens is 247 g/mol. The van der Waals surface area contributed by atoms with Crippen molar-refractivity contribution in [3.8, 4) is 6.07 Å². The first-order chi connectivity index (χ1) is 9.08. The van der Waals surface area contributed by atoms with Gasteiger partial charge in [-0.15, -0.1) is 0 Å². The van der Waals surface area contributed by atoms with E-state index in [1.165, 1.54) is 18.3 Å². The van der Waals surface area contributed by atoms with Crippen molar-refractivity contribution in [2.75, 3.05) is 0 Å². The molecule has 0 aliphatic carbocycles. The van der Waals surface area contributed by atoms with Gasteiger partial charge >= 0.3 is 5.97 Å². The smallest absolute Gasteiger partial charge is 0.328 e. The maximum Gasteiger partial charge on any atom is 0.328 e. The molecule has 0 unspecified atom stereocenters. The lowest BCUT2D eigenvalue weighted by molar-refractivity contribution is -0.131. The Morgan fingerprint density at radius 3 is 2.89 bits per heavy atom. The molecule has 2 N–H and O–H groups in total. The van der Waals surface area contributed by atoms with E-state index in [1.54, 1.807) is 6.92 Å². The Morgan fingerprint density at radius 2 is 2.32 bits per heavy atom. The summed E-state index contributed by atoms with van der Waals surface area (Å²) in [5.74, 6) is -1.56. The van der Waals surface area contributed by atoms with E-state index >= 15 is 0 Å². The van der Waals surface area contributed by atoms with Crippen molar-refractivity contribution >= 4 is 22.4 Å². The maximum absolute atomic E-state index is 13.9. The fourth-order valence-corrected chi connectivity index (χ4v) is 2.07. The highest BCUT2D eigenvalue weighted by Gasteiger charge is 2.15. The van der Waals surface area contributed by atoms with Gasteiger partial charge in [0.1, 0.15) is 11.9 Å². The van der Waals surface area contributed by atoms with Crippen LogP contribution in [0, 0.1) is 17.1 Å². The molecular formula is C14H11FN2O2. The van der Waals surface area contributed by atoms with Gasteiger partial charge in [-0.3, -0.25) is 0 Å². The number of nitriles is 1. The van der Waals surface area contributed by atoms with Crippen molar-refractivity contribution in [1.29, 1.82) is 5.26 Å². The number of rotatable bonds is 3. The van der Waals surface area contributed by atoms with Crippen LogP contribution in [0.25, 0.3) is 16.5 Å². The molecule has 0 amide bonds. The number of hydrogen-bond acceptors (Lipinski definition) is 2. The van der Waals surface area contributed by atoms with Crippen molar-refractivity contribution in [2.24, 2.45) is 0 Å². The lowest BCUT2D eigenvalue weighted by atomic mass is 10.0. The normalized spacial score (nSPS) is 11.5. The zero-order valence-corrected chi connectivity index (χ0v) is 10.2. The molecule has 0 aliphatic heterocycles. The first-order valence-corrected chi connectivity index (χ1v) is 5.72. The maximum atomic E-state index is 13.9. The number of carboxylic acids is 1. The first-order valence-electron chi connectivity index (χ1n) is 5.72. The van der Waals surface area contributed by atoms with E-state index in [9.17, 15) is 9.18 Å². The summed E-state index contributed by atoms with van der Waals surface area (Å²) in [6, 6.07) is 4.58. The van der Waals surface area contributed by atoms with E-state index in [-0.39, 0.29) is 5.39 Å². The van der Waals surface area contributed by atoms with Crippen LogP contribution in [0.15, 0.2) is 24.4 Å². The Balaban J connectivity index is 2.76. The quantitative estimate of drug-likeness (QED) is 0.830. The van der Waals surface area contributed by atoms with Crippen LogP contribution >= 0.6 is 0 Å². The molecule has 2 rings (SSSR count). The third kappa shape index (κ3) is 2.20. The Bertz CT molecular complexity index is 723. The Kier molecular flexibility index (Phi) is 3.34. The average molecular weight is 258 g/mol. The second-order valence-corrected chi connectivity index (χ2v) is 4.02. The number of carbonyl (C=O) groups is 1. The van der Waals surface area contributed by atoms with Crippen molar-refractivity contribution in [2.45, 2.75) is 13.3 Å². The Hall–Kier alpha value is -2.61. The molecule has 0 fully saturated rings. The molecule has 1 aromatic heterocycles. The highest BCUT2D eigenvalue weighted by Crippen LogP contribution is 2.30. The summed E-state index contributed by atoms with van der Waals surface area (Å²) in [5, 5.41) is 18.1. The molecule has 0 atom stereocenters. The number of nitrogens with one attached hydrogen (secondary N) is 1. The van der Waals surface area contributed by atoms with E-state index in [2.05, 4.69) is 4.98 Å². The number of allylic oxidation sites excluding steroid dienone is 1. The summed E-state index contributed by atoms with van der Waals surface area (Å²) < 4.78 is 13.9. The summed E-state index contributed by atoms with van der Waals surface area (Å²) >= 11 is 0. The molecule has 4 nitrogen and oxygen atoms in total. The van der Waals surface area contributed by atoms with Gasteiger partial charge in [0.15, 0.2) is 0 Å². The van der Waals surface area contributed by atoms with Crippen molar-refractivity contribution < 1.29 is 14.3 Å². The molecule has 1 heterocycles. The van der Waals surface area contributed by atoms with Gasteiger partial charge in [-0.1, -0.05) is 6.92 Å². The number of fused-ring (bicyclic) bond motifs is 1. The van der Waals surface area contributed by atoms with Crippen LogP contribution in [0.4, 0.5) is 4.39 Å². The number of aliphatic carboxylic acids is 1. The van der Waals surface area contributed by atoms with Crippen molar-refractivity contribution in [3.63, 3.8) is 0 Å². The Morgan fingerprint density at radius 1 is 1.58 bits per heavy atom. The fraction of sp³-hybridized carbons (Fsp3) is 0.143. The van der Waals surface area contributed by atoms with Crippen LogP contribution in [0.2, 0.25) is 0 Å². The third-order valence-electron chi connectivity index (χ3n) is 2.93. The minimum Gasteiger partial charge on any atom is -0.478 e. The standard InChI is InChI=1S/C14H11FN2O2/c1-2-8(5-12(18)19)10-7-17-14-9(6-16)3-4-11(15)13(10)14/h3-5,7,17H,2H2,1H3,(H,18,19)/b8-5+. The predicted molar refractivity (Wildman–Crippen MR) is 68.9 cm³/mol. The SMILES string of the molecule is CC/C(=C\C(=O)O)c1c[nH]c2c(C#N)ccc(F)c12. The van der Waals surface area contributed by atoms with E-state index in [0.29, 0.717) is 28.6 Å². The van der Waals surface area contributed by atoms with E-state index < -0.39 is 11.8 Å². The molecule has 5 heteroatoms. The molecule has 0 aliphatic rings. The number of aromatic amines is 1. The van der Waals surface area contributed by atoms with Crippen LogP contribution in [-0.2, 0) is 4.79 Å². The topological polar surface area (TPSA) is 76.9 Å². The number of hydrogen-bond donors (Lipinski definition) is 2. The average Bonchev–Trinajstić information content (AvgIpc) is 2.82. The largest absolute Gasteiger partial charge is 0.478 e.